The molecule has 0 amide bonds. The van der Waals surface area contributed by atoms with Crippen LogP contribution in [0.3, 0.4) is 0 Å². The molecule has 1 atom stereocenters. The fourth-order valence-electron chi connectivity index (χ4n) is 2.37. The summed E-state index contributed by atoms with van der Waals surface area (Å²) in [5.41, 5.74) is 0.139. The Labute approximate surface area is 120 Å². The number of ether oxygens (including phenoxy) is 1. The zero-order valence-electron chi connectivity index (χ0n) is 11.4. The van der Waals surface area contributed by atoms with Crippen LogP contribution >= 0.6 is 0 Å². The Bertz CT molecular complexity index is 578. The van der Waals surface area contributed by atoms with Gasteiger partial charge in [0.15, 0.2) is 0 Å². The summed E-state index contributed by atoms with van der Waals surface area (Å²) < 4.78 is 18.8. The highest BCUT2D eigenvalue weighted by Crippen LogP contribution is 2.33. The van der Waals surface area contributed by atoms with E-state index in [9.17, 15) is 19.3 Å². The van der Waals surface area contributed by atoms with Gasteiger partial charge in [0.05, 0.1) is 36.7 Å². The Morgan fingerprint density at radius 1 is 1.62 bits per heavy atom. The lowest BCUT2D eigenvalue weighted by Crippen LogP contribution is -2.47. The highest BCUT2D eigenvalue weighted by atomic mass is 19.1. The van der Waals surface area contributed by atoms with Crippen molar-refractivity contribution in [2.45, 2.75) is 19.4 Å². The SMILES string of the molecule is Cc1cc(N2CCOCC2CC(=O)O)c([N+](=O)[O-])cc1F. The number of nitro benzene ring substituents is 1. The zero-order valence-corrected chi connectivity index (χ0v) is 11.4. The van der Waals surface area contributed by atoms with Gasteiger partial charge in [0.25, 0.3) is 5.69 Å². The first-order valence-corrected chi connectivity index (χ1v) is 6.41. The highest BCUT2D eigenvalue weighted by Gasteiger charge is 2.31. The predicted molar refractivity (Wildman–Crippen MR) is 72.0 cm³/mol. The third-order valence-electron chi connectivity index (χ3n) is 3.40. The number of rotatable bonds is 4. The minimum atomic E-state index is -1.02. The second-order valence-electron chi connectivity index (χ2n) is 4.87. The van der Waals surface area contributed by atoms with Gasteiger partial charge in [-0.25, -0.2) is 4.39 Å². The average molecular weight is 298 g/mol. The van der Waals surface area contributed by atoms with Gasteiger partial charge in [-0.2, -0.15) is 0 Å². The van der Waals surface area contributed by atoms with Crippen molar-refractivity contribution in [2.24, 2.45) is 0 Å². The maximum atomic E-state index is 13.6. The van der Waals surface area contributed by atoms with Gasteiger partial charge in [0, 0.05) is 6.54 Å². The number of anilines is 1. The fraction of sp³-hybridized carbons (Fsp3) is 0.462. The number of morpholine rings is 1. The lowest BCUT2D eigenvalue weighted by Gasteiger charge is -2.36. The topological polar surface area (TPSA) is 92.9 Å². The van der Waals surface area contributed by atoms with Crippen LogP contribution < -0.4 is 4.90 Å². The zero-order chi connectivity index (χ0) is 15.6. The van der Waals surface area contributed by atoms with E-state index in [0.717, 1.165) is 6.07 Å². The molecule has 1 N–H and O–H groups in total. The number of carboxylic acids is 1. The van der Waals surface area contributed by atoms with Crippen LogP contribution in [0.2, 0.25) is 0 Å². The number of aliphatic carboxylic acids is 1. The second-order valence-corrected chi connectivity index (χ2v) is 4.87. The van der Waals surface area contributed by atoms with Gasteiger partial charge in [0.1, 0.15) is 11.5 Å². The Balaban J connectivity index is 2.44. The standard InChI is InChI=1S/C13H15FN2O5/c1-8-4-11(12(16(19)20)6-10(8)14)15-2-3-21-7-9(15)5-13(17)18/h4,6,9H,2-3,5,7H2,1H3,(H,17,18). The molecule has 1 unspecified atom stereocenters. The number of aryl methyl sites for hydroxylation is 1. The van der Waals surface area contributed by atoms with Crippen LogP contribution in [-0.4, -0.2) is 41.8 Å². The van der Waals surface area contributed by atoms with E-state index in [-0.39, 0.29) is 30.0 Å². The summed E-state index contributed by atoms with van der Waals surface area (Å²) in [4.78, 5) is 23.0. The van der Waals surface area contributed by atoms with Crippen LogP contribution in [0.1, 0.15) is 12.0 Å². The van der Waals surface area contributed by atoms with Gasteiger partial charge < -0.3 is 14.7 Å². The molecule has 21 heavy (non-hydrogen) atoms. The number of nitro groups is 1. The quantitative estimate of drug-likeness (QED) is 0.672. The molecule has 114 valence electrons. The number of carbonyl (C=O) groups is 1. The van der Waals surface area contributed by atoms with Crippen LogP contribution in [-0.2, 0) is 9.53 Å². The van der Waals surface area contributed by atoms with Gasteiger partial charge in [-0.05, 0) is 18.6 Å². The van der Waals surface area contributed by atoms with E-state index in [0.29, 0.717) is 13.2 Å². The van der Waals surface area contributed by atoms with E-state index in [1.807, 2.05) is 0 Å². The van der Waals surface area contributed by atoms with E-state index >= 15 is 0 Å². The summed E-state index contributed by atoms with van der Waals surface area (Å²) in [6.07, 6.45) is -0.201. The van der Waals surface area contributed by atoms with Gasteiger partial charge in [-0.15, -0.1) is 0 Å². The average Bonchev–Trinajstić information content (AvgIpc) is 2.41. The monoisotopic (exact) mass is 298 g/mol. The molecule has 2 rings (SSSR count). The van der Waals surface area contributed by atoms with Crippen molar-refractivity contribution < 1.29 is 24.0 Å². The van der Waals surface area contributed by atoms with Crippen molar-refractivity contribution in [1.29, 1.82) is 0 Å². The molecule has 1 heterocycles. The first-order chi connectivity index (χ1) is 9.90. The van der Waals surface area contributed by atoms with Gasteiger partial charge in [-0.1, -0.05) is 0 Å². The molecule has 0 bridgehead atoms. The predicted octanol–water partition coefficient (Wildman–Crippen LogP) is 1.72. The van der Waals surface area contributed by atoms with Gasteiger partial charge in [-0.3, -0.25) is 14.9 Å². The molecule has 7 nitrogen and oxygen atoms in total. The Kier molecular flexibility index (Phi) is 4.37. The van der Waals surface area contributed by atoms with E-state index in [1.54, 1.807) is 4.90 Å². The van der Waals surface area contributed by atoms with Crippen molar-refractivity contribution in [3.8, 4) is 0 Å². The number of hydrogen-bond acceptors (Lipinski definition) is 5. The van der Waals surface area contributed by atoms with Crippen LogP contribution in [0.4, 0.5) is 15.8 Å². The van der Waals surface area contributed by atoms with Crippen molar-refractivity contribution in [2.75, 3.05) is 24.7 Å². The van der Waals surface area contributed by atoms with Crippen LogP contribution in [0.25, 0.3) is 0 Å². The summed E-state index contributed by atoms with van der Waals surface area (Å²) in [5.74, 6) is -1.68. The Hall–Kier alpha value is -2.22. The molecular weight excluding hydrogens is 283 g/mol. The van der Waals surface area contributed by atoms with E-state index in [1.165, 1.54) is 13.0 Å². The number of halogens is 1. The normalized spacial score (nSPS) is 18.6. The largest absolute Gasteiger partial charge is 0.481 e. The van der Waals surface area contributed by atoms with Crippen LogP contribution in [0.5, 0.6) is 0 Å². The molecule has 0 aromatic heterocycles. The molecule has 1 saturated heterocycles. The Morgan fingerprint density at radius 3 is 2.95 bits per heavy atom. The minimum Gasteiger partial charge on any atom is -0.481 e. The Morgan fingerprint density at radius 2 is 2.33 bits per heavy atom. The molecule has 0 radical (unpaired) electrons. The number of nitrogens with zero attached hydrogens (tertiary/aromatic N) is 2. The molecule has 1 fully saturated rings. The number of hydrogen-bond donors (Lipinski definition) is 1. The van der Waals surface area contributed by atoms with Crippen molar-refractivity contribution in [1.82, 2.24) is 0 Å². The van der Waals surface area contributed by atoms with Gasteiger partial charge >= 0.3 is 5.97 Å². The lowest BCUT2D eigenvalue weighted by atomic mass is 10.1. The highest BCUT2D eigenvalue weighted by molar-refractivity contribution is 5.71. The lowest BCUT2D eigenvalue weighted by molar-refractivity contribution is -0.384. The first-order valence-electron chi connectivity index (χ1n) is 6.41. The van der Waals surface area contributed by atoms with Crippen molar-refractivity contribution >= 4 is 17.3 Å². The van der Waals surface area contributed by atoms with Gasteiger partial charge in [0.2, 0.25) is 0 Å². The third kappa shape index (κ3) is 3.27. The molecule has 1 aromatic carbocycles. The molecule has 1 aliphatic heterocycles. The maximum absolute atomic E-state index is 13.6. The van der Waals surface area contributed by atoms with Crippen molar-refractivity contribution in [3.63, 3.8) is 0 Å². The minimum absolute atomic E-state index is 0.167. The molecule has 1 aromatic rings. The van der Waals surface area contributed by atoms with Crippen LogP contribution in [0.15, 0.2) is 12.1 Å². The van der Waals surface area contributed by atoms with E-state index < -0.39 is 22.8 Å². The van der Waals surface area contributed by atoms with Crippen LogP contribution in [0, 0.1) is 22.9 Å². The second kappa shape index (κ2) is 6.04. The third-order valence-corrected chi connectivity index (χ3v) is 3.40. The fourth-order valence-corrected chi connectivity index (χ4v) is 2.37. The molecular formula is C13H15FN2O5. The summed E-state index contributed by atoms with van der Waals surface area (Å²) in [6, 6.07) is 1.74. The first kappa shape index (κ1) is 15.2. The van der Waals surface area contributed by atoms with E-state index in [2.05, 4.69) is 0 Å². The molecule has 1 aliphatic rings. The molecule has 0 aliphatic carbocycles. The number of benzene rings is 1. The maximum Gasteiger partial charge on any atom is 0.305 e. The van der Waals surface area contributed by atoms with E-state index in [4.69, 9.17) is 9.84 Å². The summed E-state index contributed by atoms with van der Waals surface area (Å²) in [6.45, 7) is 2.34. The summed E-state index contributed by atoms with van der Waals surface area (Å²) in [5, 5.41) is 20.1. The number of carboxylic acid groups (broad SMARTS) is 1. The molecule has 0 saturated carbocycles. The molecule has 8 heteroatoms. The molecule has 0 spiro atoms. The summed E-state index contributed by atoms with van der Waals surface area (Å²) >= 11 is 0. The summed E-state index contributed by atoms with van der Waals surface area (Å²) in [7, 11) is 0. The van der Waals surface area contributed by atoms with Crippen molar-refractivity contribution in [3.05, 3.63) is 33.6 Å². The smallest absolute Gasteiger partial charge is 0.305 e.